The van der Waals surface area contributed by atoms with Crippen LogP contribution in [0.1, 0.15) is 16.7 Å². The molecule has 3 aromatic carbocycles. The average molecular weight is 355 g/mol. The standard InChI is InChI=1S/C23H17NOS/c25-14-15-4-3-6-16(8-15)18-9-19-12-24-13-21(19)20(10-18)23-11-17-5-1-2-7-22(17)26-23/h1-12,25H,13-14H2. The van der Waals surface area contributed by atoms with E-state index < -0.39 is 0 Å². The molecule has 0 spiro atoms. The van der Waals surface area contributed by atoms with Crippen LogP contribution in [0.25, 0.3) is 31.7 Å². The van der Waals surface area contributed by atoms with Crippen molar-refractivity contribution < 1.29 is 5.11 Å². The van der Waals surface area contributed by atoms with E-state index in [0.29, 0.717) is 0 Å². The van der Waals surface area contributed by atoms with Crippen molar-refractivity contribution in [2.75, 3.05) is 0 Å². The first-order valence-electron chi connectivity index (χ1n) is 8.68. The summed E-state index contributed by atoms with van der Waals surface area (Å²) in [5.41, 5.74) is 7.00. The lowest BCUT2D eigenvalue weighted by Gasteiger charge is -2.11. The number of fused-ring (bicyclic) bond motifs is 2. The highest BCUT2D eigenvalue weighted by molar-refractivity contribution is 7.22. The molecule has 0 fully saturated rings. The van der Waals surface area contributed by atoms with Crippen LogP contribution in [-0.4, -0.2) is 11.3 Å². The molecule has 4 aromatic rings. The molecule has 0 bridgehead atoms. The highest BCUT2D eigenvalue weighted by Gasteiger charge is 2.17. The molecule has 0 unspecified atom stereocenters. The summed E-state index contributed by atoms with van der Waals surface area (Å²) in [5.74, 6) is 0. The zero-order chi connectivity index (χ0) is 17.5. The van der Waals surface area contributed by atoms with Crippen LogP contribution in [-0.2, 0) is 13.2 Å². The normalized spacial score (nSPS) is 12.7. The zero-order valence-corrected chi connectivity index (χ0v) is 15.0. The van der Waals surface area contributed by atoms with E-state index in [1.165, 1.54) is 37.2 Å². The zero-order valence-electron chi connectivity index (χ0n) is 14.1. The Hall–Kier alpha value is -2.75. The molecule has 5 rings (SSSR count). The van der Waals surface area contributed by atoms with Gasteiger partial charge in [0.2, 0.25) is 0 Å². The molecule has 3 heteroatoms. The second-order valence-corrected chi connectivity index (χ2v) is 7.65. The summed E-state index contributed by atoms with van der Waals surface area (Å²) in [7, 11) is 0. The van der Waals surface area contributed by atoms with Crippen LogP contribution in [0.4, 0.5) is 0 Å². The Morgan fingerprint density at radius 1 is 0.923 bits per heavy atom. The Morgan fingerprint density at radius 2 is 1.85 bits per heavy atom. The molecule has 0 saturated heterocycles. The minimum Gasteiger partial charge on any atom is -0.392 e. The van der Waals surface area contributed by atoms with E-state index in [9.17, 15) is 5.11 Å². The van der Waals surface area contributed by atoms with Gasteiger partial charge >= 0.3 is 0 Å². The summed E-state index contributed by atoms with van der Waals surface area (Å²) in [4.78, 5) is 5.78. The molecule has 0 saturated carbocycles. The van der Waals surface area contributed by atoms with Crippen molar-refractivity contribution >= 4 is 27.6 Å². The summed E-state index contributed by atoms with van der Waals surface area (Å²) in [6.45, 7) is 0.805. The van der Waals surface area contributed by atoms with Gasteiger partial charge in [0.15, 0.2) is 0 Å². The quantitative estimate of drug-likeness (QED) is 0.505. The smallest absolute Gasteiger partial charge is 0.0682 e. The molecule has 0 amide bonds. The minimum atomic E-state index is 0.0589. The van der Waals surface area contributed by atoms with Crippen molar-refractivity contribution in [2.45, 2.75) is 13.2 Å². The van der Waals surface area contributed by atoms with E-state index in [0.717, 1.165) is 17.7 Å². The van der Waals surface area contributed by atoms with Crippen molar-refractivity contribution in [3.05, 3.63) is 83.4 Å². The summed E-state index contributed by atoms with van der Waals surface area (Å²) in [5, 5.41) is 10.7. The molecule has 1 aliphatic rings. The highest BCUT2D eigenvalue weighted by atomic mass is 32.1. The maximum absolute atomic E-state index is 9.46. The Bertz CT molecular complexity index is 1120. The largest absolute Gasteiger partial charge is 0.392 e. The van der Waals surface area contributed by atoms with Gasteiger partial charge in [0, 0.05) is 15.8 Å². The number of thiophene rings is 1. The molecular weight excluding hydrogens is 338 g/mol. The van der Waals surface area contributed by atoms with Gasteiger partial charge in [0.05, 0.1) is 13.2 Å². The SMILES string of the molecule is OCc1cccc(-c2cc3c(c(-c4cc5ccccc5s4)c2)CN=C3)c1. The lowest BCUT2D eigenvalue weighted by molar-refractivity contribution is 0.282. The van der Waals surface area contributed by atoms with Crippen LogP contribution < -0.4 is 0 Å². The lowest BCUT2D eigenvalue weighted by atomic mass is 9.94. The summed E-state index contributed by atoms with van der Waals surface area (Å²) in [6.07, 6.45) is 1.98. The van der Waals surface area contributed by atoms with Gasteiger partial charge in [-0.25, -0.2) is 0 Å². The Kier molecular flexibility index (Phi) is 3.70. The summed E-state index contributed by atoms with van der Waals surface area (Å²) < 4.78 is 1.31. The van der Waals surface area contributed by atoms with Crippen molar-refractivity contribution in [1.82, 2.24) is 0 Å². The van der Waals surface area contributed by atoms with Crippen LogP contribution in [0.5, 0.6) is 0 Å². The third-order valence-corrected chi connectivity index (χ3v) is 6.05. The van der Waals surface area contributed by atoms with Crippen molar-refractivity contribution in [1.29, 1.82) is 0 Å². The summed E-state index contributed by atoms with van der Waals surface area (Å²) in [6, 6.07) is 23.4. The second kappa shape index (κ2) is 6.20. The minimum absolute atomic E-state index is 0.0589. The third-order valence-electron chi connectivity index (χ3n) is 4.90. The first-order valence-corrected chi connectivity index (χ1v) is 9.49. The van der Waals surface area contributed by atoms with Gasteiger partial charge in [-0.15, -0.1) is 11.3 Å². The number of aliphatic hydroxyl groups is 1. The number of rotatable bonds is 3. The molecule has 126 valence electrons. The average Bonchev–Trinajstić information content (AvgIpc) is 3.33. The predicted molar refractivity (Wildman–Crippen MR) is 110 cm³/mol. The van der Waals surface area contributed by atoms with E-state index in [4.69, 9.17) is 0 Å². The van der Waals surface area contributed by atoms with E-state index in [1.807, 2.05) is 29.7 Å². The maximum Gasteiger partial charge on any atom is 0.0682 e. The first-order chi connectivity index (χ1) is 12.8. The van der Waals surface area contributed by atoms with E-state index in [2.05, 4.69) is 59.6 Å². The number of aliphatic imine (C=N–C) groups is 1. The Balaban J connectivity index is 1.71. The van der Waals surface area contributed by atoms with Crippen molar-refractivity contribution in [3.63, 3.8) is 0 Å². The van der Waals surface area contributed by atoms with Gasteiger partial charge < -0.3 is 5.11 Å². The van der Waals surface area contributed by atoms with Crippen LogP contribution >= 0.6 is 11.3 Å². The van der Waals surface area contributed by atoms with Gasteiger partial charge in [-0.05, 0) is 69.1 Å². The second-order valence-electron chi connectivity index (χ2n) is 6.57. The Morgan fingerprint density at radius 3 is 2.73 bits per heavy atom. The predicted octanol–water partition coefficient (Wildman–Crippen LogP) is 5.66. The molecule has 0 radical (unpaired) electrons. The van der Waals surface area contributed by atoms with E-state index >= 15 is 0 Å². The van der Waals surface area contributed by atoms with Crippen molar-refractivity contribution in [2.24, 2.45) is 4.99 Å². The lowest BCUT2D eigenvalue weighted by Crippen LogP contribution is -1.92. The molecule has 0 aliphatic carbocycles. The number of benzene rings is 3. The van der Waals surface area contributed by atoms with Crippen LogP contribution in [0.15, 0.2) is 71.7 Å². The topological polar surface area (TPSA) is 32.6 Å². The van der Waals surface area contributed by atoms with Gasteiger partial charge in [-0.1, -0.05) is 36.4 Å². The van der Waals surface area contributed by atoms with Crippen LogP contribution in [0.3, 0.4) is 0 Å². The molecule has 1 aromatic heterocycles. The third kappa shape index (κ3) is 2.57. The van der Waals surface area contributed by atoms with Crippen molar-refractivity contribution in [3.8, 4) is 21.6 Å². The first kappa shape index (κ1) is 15.5. The van der Waals surface area contributed by atoms with Gasteiger partial charge in [-0.2, -0.15) is 0 Å². The molecule has 0 atom stereocenters. The molecule has 1 N–H and O–H groups in total. The number of nitrogens with zero attached hydrogens (tertiary/aromatic N) is 1. The van der Waals surface area contributed by atoms with Crippen LogP contribution in [0.2, 0.25) is 0 Å². The van der Waals surface area contributed by atoms with Gasteiger partial charge in [0.1, 0.15) is 0 Å². The number of hydrogen-bond acceptors (Lipinski definition) is 3. The van der Waals surface area contributed by atoms with E-state index in [1.54, 1.807) is 0 Å². The number of hydrogen-bond donors (Lipinski definition) is 1. The van der Waals surface area contributed by atoms with Crippen LogP contribution in [0, 0.1) is 0 Å². The van der Waals surface area contributed by atoms with Gasteiger partial charge in [-0.3, -0.25) is 4.99 Å². The fourth-order valence-electron chi connectivity index (χ4n) is 3.57. The molecular formula is C23H17NOS. The van der Waals surface area contributed by atoms with E-state index in [-0.39, 0.29) is 6.61 Å². The summed E-state index contributed by atoms with van der Waals surface area (Å²) >= 11 is 1.83. The molecule has 2 heterocycles. The molecule has 1 aliphatic heterocycles. The monoisotopic (exact) mass is 355 g/mol. The fourth-order valence-corrected chi connectivity index (χ4v) is 4.68. The maximum atomic E-state index is 9.46. The Labute approximate surface area is 156 Å². The number of aliphatic hydroxyl groups excluding tert-OH is 1. The highest BCUT2D eigenvalue weighted by Crippen LogP contribution is 2.39. The molecule has 26 heavy (non-hydrogen) atoms. The van der Waals surface area contributed by atoms with Gasteiger partial charge in [0.25, 0.3) is 0 Å². The molecule has 2 nitrogen and oxygen atoms in total. The fraction of sp³-hybridized carbons (Fsp3) is 0.0870.